The van der Waals surface area contributed by atoms with Gasteiger partial charge in [0.2, 0.25) is 0 Å². The Kier molecular flexibility index (Phi) is 5.02. The van der Waals surface area contributed by atoms with Gasteiger partial charge in [-0.1, -0.05) is 27.2 Å². The van der Waals surface area contributed by atoms with Crippen molar-refractivity contribution in [3.63, 3.8) is 0 Å². The fraction of sp³-hybridized carbons (Fsp3) is 0.667. The third-order valence-corrected chi connectivity index (χ3v) is 2.69. The topological polar surface area (TPSA) is 46.9 Å². The van der Waals surface area contributed by atoms with Gasteiger partial charge in [-0.25, -0.2) is 4.98 Å². The molecule has 4 heteroatoms. The molecule has 0 aliphatic heterocycles. The first kappa shape index (κ1) is 12.7. The minimum atomic E-state index is -0.0207. The number of nitrogens with one attached hydrogen (secondary N) is 1. The van der Waals surface area contributed by atoms with Crippen LogP contribution in [0.2, 0.25) is 0 Å². The predicted octanol–water partition coefficient (Wildman–Crippen LogP) is 2.11. The van der Waals surface area contributed by atoms with E-state index in [0.717, 1.165) is 25.9 Å². The molecule has 0 aliphatic rings. The van der Waals surface area contributed by atoms with Crippen molar-refractivity contribution in [3.8, 4) is 0 Å². The molecule has 1 atom stereocenters. The Balaban J connectivity index is 2.73. The number of anilines is 1. The molecule has 1 aromatic rings. The molecule has 0 fully saturated rings. The molecule has 1 N–H and O–H groups in total. The number of rotatable bonds is 6. The van der Waals surface area contributed by atoms with Gasteiger partial charge < -0.3 is 9.88 Å². The predicted molar refractivity (Wildman–Crippen MR) is 66.7 cm³/mol. The lowest BCUT2D eigenvalue weighted by Gasteiger charge is -2.11. The monoisotopic (exact) mass is 223 g/mol. The molecule has 1 heterocycles. The number of hydrogen-bond donors (Lipinski definition) is 1. The van der Waals surface area contributed by atoms with Crippen LogP contribution in [0.1, 0.15) is 33.6 Å². The summed E-state index contributed by atoms with van der Waals surface area (Å²) in [6, 6.07) is 0. The van der Waals surface area contributed by atoms with Crippen LogP contribution in [0.5, 0.6) is 0 Å². The second-order valence-electron chi connectivity index (χ2n) is 4.17. The van der Waals surface area contributed by atoms with E-state index in [9.17, 15) is 4.79 Å². The Labute approximate surface area is 96.7 Å². The fourth-order valence-corrected chi connectivity index (χ4v) is 1.40. The molecule has 0 saturated carbocycles. The van der Waals surface area contributed by atoms with E-state index in [1.54, 1.807) is 17.0 Å². The van der Waals surface area contributed by atoms with Crippen molar-refractivity contribution in [1.82, 2.24) is 9.55 Å². The van der Waals surface area contributed by atoms with Crippen LogP contribution in [0, 0.1) is 5.92 Å². The van der Waals surface area contributed by atoms with Crippen molar-refractivity contribution in [3.05, 3.63) is 22.7 Å². The van der Waals surface area contributed by atoms with Gasteiger partial charge >= 0.3 is 0 Å². The summed E-state index contributed by atoms with van der Waals surface area (Å²) in [6.45, 7) is 7.90. The zero-order valence-corrected chi connectivity index (χ0v) is 10.4. The molecule has 1 rings (SSSR count). The highest BCUT2D eigenvalue weighted by Gasteiger charge is 2.05. The Bertz CT molecular complexity index is 373. The molecule has 16 heavy (non-hydrogen) atoms. The first-order valence-electron chi connectivity index (χ1n) is 5.98. The second kappa shape index (κ2) is 6.30. The molecule has 0 aromatic carbocycles. The van der Waals surface area contributed by atoms with Gasteiger partial charge in [-0.15, -0.1) is 0 Å². The van der Waals surface area contributed by atoms with Crippen molar-refractivity contribution in [2.24, 2.45) is 5.92 Å². The van der Waals surface area contributed by atoms with Crippen LogP contribution >= 0.6 is 0 Å². The highest BCUT2D eigenvalue weighted by Crippen LogP contribution is 2.01. The molecule has 90 valence electrons. The average molecular weight is 223 g/mol. The Morgan fingerprint density at radius 1 is 1.50 bits per heavy atom. The molecule has 0 spiro atoms. The lowest BCUT2D eigenvalue weighted by Crippen LogP contribution is -2.25. The van der Waals surface area contributed by atoms with E-state index in [-0.39, 0.29) is 5.56 Å². The van der Waals surface area contributed by atoms with Crippen LogP contribution in [0.4, 0.5) is 5.82 Å². The number of aromatic nitrogens is 2. The largest absolute Gasteiger partial charge is 0.365 e. The van der Waals surface area contributed by atoms with E-state index >= 15 is 0 Å². The van der Waals surface area contributed by atoms with Crippen LogP contribution < -0.4 is 10.9 Å². The highest BCUT2D eigenvalue weighted by atomic mass is 16.1. The Morgan fingerprint density at radius 2 is 2.25 bits per heavy atom. The normalized spacial score (nSPS) is 12.4. The quantitative estimate of drug-likeness (QED) is 0.803. The molecular weight excluding hydrogens is 202 g/mol. The smallest absolute Gasteiger partial charge is 0.293 e. The standard InChI is InChI=1S/C12H21N3O/c1-4-7-15-8-6-13-11(12(15)16)14-9-10(3)5-2/h6,8,10H,4-5,7,9H2,1-3H3,(H,13,14). The zero-order valence-electron chi connectivity index (χ0n) is 10.4. The van der Waals surface area contributed by atoms with E-state index in [1.165, 1.54) is 0 Å². The second-order valence-corrected chi connectivity index (χ2v) is 4.17. The van der Waals surface area contributed by atoms with E-state index in [4.69, 9.17) is 0 Å². The summed E-state index contributed by atoms with van der Waals surface area (Å²) in [6.07, 6.45) is 5.47. The van der Waals surface area contributed by atoms with Crippen LogP contribution in [0.15, 0.2) is 17.2 Å². The Morgan fingerprint density at radius 3 is 2.88 bits per heavy atom. The van der Waals surface area contributed by atoms with Gasteiger partial charge in [0.25, 0.3) is 5.56 Å². The first-order valence-corrected chi connectivity index (χ1v) is 5.98. The number of aryl methyl sites for hydroxylation is 1. The molecule has 0 radical (unpaired) electrons. The molecule has 0 aliphatic carbocycles. The maximum absolute atomic E-state index is 11.9. The van der Waals surface area contributed by atoms with Crippen LogP contribution in [-0.4, -0.2) is 16.1 Å². The summed E-state index contributed by atoms with van der Waals surface area (Å²) in [5.41, 5.74) is -0.0207. The summed E-state index contributed by atoms with van der Waals surface area (Å²) >= 11 is 0. The number of nitrogens with zero attached hydrogens (tertiary/aromatic N) is 2. The molecule has 1 aromatic heterocycles. The van der Waals surface area contributed by atoms with Crippen LogP contribution in [0.3, 0.4) is 0 Å². The van der Waals surface area contributed by atoms with Gasteiger partial charge in [-0.3, -0.25) is 4.79 Å². The fourth-order valence-electron chi connectivity index (χ4n) is 1.40. The van der Waals surface area contributed by atoms with Crippen molar-refractivity contribution < 1.29 is 0 Å². The van der Waals surface area contributed by atoms with E-state index in [0.29, 0.717) is 11.7 Å². The van der Waals surface area contributed by atoms with Gasteiger partial charge in [0.15, 0.2) is 5.82 Å². The summed E-state index contributed by atoms with van der Waals surface area (Å²) in [7, 11) is 0. The van der Waals surface area contributed by atoms with Crippen molar-refractivity contribution in [2.75, 3.05) is 11.9 Å². The van der Waals surface area contributed by atoms with Gasteiger partial charge in [0.05, 0.1) is 0 Å². The lowest BCUT2D eigenvalue weighted by molar-refractivity contribution is 0.589. The summed E-state index contributed by atoms with van der Waals surface area (Å²) in [5, 5.41) is 3.12. The minimum absolute atomic E-state index is 0.0207. The molecule has 1 unspecified atom stereocenters. The third-order valence-electron chi connectivity index (χ3n) is 2.69. The van der Waals surface area contributed by atoms with Crippen LogP contribution in [0.25, 0.3) is 0 Å². The molecular formula is C12H21N3O. The van der Waals surface area contributed by atoms with E-state index in [1.807, 2.05) is 0 Å². The SMILES string of the molecule is CCCn1ccnc(NCC(C)CC)c1=O. The molecule has 4 nitrogen and oxygen atoms in total. The maximum atomic E-state index is 11.9. The van der Waals surface area contributed by atoms with E-state index in [2.05, 4.69) is 31.1 Å². The van der Waals surface area contributed by atoms with E-state index < -0.39 is 0 Å². The van der Waals surface area contributed by atoms with Crippen molar-refractivity contribution in [2.45, 2.75) is 40.2 Å². The van der Waals surface area contributed by atoms with Gasteiger partial charge in [-0.05, 0) is 12.3 Å². The van der Waals surface area contributed by atoms with Gasteiger partial charge in [-0.2, -0.15) is 0 Å². The number of hydrogen-bond acceptors (Lipinski definition) is 3. The average Bonchev–Trinajstić information content (AvgIpc) is 2.30. The minimum Gasteiger partial charge on any atom is -0.365 e. The lowest BCUT2D eigenvalue weighted by atomic mass is 10.1. The summed E-state index contributed by atoms with van der Waals surface area (Å²) in [5.74, 6) is 1.03. The molecule has 0 saturated heterocycles. The van der Waals surface area contributed by atoms with Crippen molar-refractivity contribution >= 4 is 5.82 Å². The third kappa shape index (κ3) is 3.36. The van der Waals surface area contributed by atoms with Gasteiger partial charge in [0, 0.05) is 25.5 Å². The van der Waals surface area contributed by atoms with Crippen LogP contribution in [-0.2, 0) is 6.54 Å². The summed E-state index contributed by atoms with van der Waals surface area (Å²) in [4.78, 5) is 16.0. The van der Waals surface area contributed by atoms with Gasteiger partial charge in [0.1, 0.15) is 0 Å². The first-order chi connectivity index (χ1) is 7.69. The Hall–Kier alpha value is -1.32. The molecule has 0 amide bonds. The van der Waals surface area contributed by atoms with Crippen molar-refractivity contribution in [1.29, 1.82) is 0 Å². The molecule has 0 bridgehead atoms. The zero-order chi connectivity index (χ0) is 12.0. The summed E-state index contributed by atoms with van der Waals surface area (Å²) < 4.78 is 1.70. The maximum Gasteiger partial charge on any atom is 0.293 e. The highest BCUT2D eigenvalue weighted by molar-refractivity contribution is 5.30.